The molecule has 1 amide bonds. The molecule has 1 aromatic carbocycles. The summed E-state index contributed by atoms with van der Waals surface area (Å²) in [7, 11) is -3.54. The monoisotopic (exact) mass is 400 g/mol. The molecule has 7 heteroatoms. The lowest BCUT2D eigenvalue weighted by Crippen LogP contribution is -2.45. The Morgan fingerprint density at radius 3 is 2.61 bits per heavy atom. The maximum absolute atomic E-state index is 12.4. The molecule has 23 heavy (non-hydrogen) atoms. The predicted octanol–water partition coefficient (Wildman–Crippen LogP) is 2.52. The van der Waals surface area contributed by atoms with E-state index in [0.29, 0.717) is 16.1 Å². The first-order valence-corrected chi connectivity index (χ1v) is 10.5. The molecule has 2 aliphatic rings. The highest BCUT2D eigenvalue weighted by molar-refractivity contribution is 9.10. The molecule has 1 N–H and O–H groups in total. The Kier molecular flexibility index (Phi) is 4.69. The number of carbonyl (C=O) groups is 1. The van der Waals surface area contributed by atoms with Crippen LogP contribution in [0.1, 0.15) is 25.7 Å². The Labute approximate surface area is 145 Å². The van der Waals surface area contributed by atoms with E-state index in [9.17, 15) is 13.2 Å². The molecule has 0 aliphatic heterocycles. The maximum Gasteiger partial charge on any atom is 0.241 e. The van der Waals surface area contributed by atoms with E-state index in [1.54, 1.807) is 18.2 Å². The van der Waals surface area contributed by atoms with Gasteiger partial charge in [-0.3, -0.25) is 9.10 Å². The molecule has 2 aliphatic carbocycles. The van der Waals surface area contributed by atoms with Gasteiger partial charge in [-0.2, -0.15) is 0 Å². The molecule has 0 unspecified atom stereocenters. The molecular formula is C16H21BrN2O3S. The van der Waals surface area contributed by atoms with Gasteiger partial charge >= 0.3 is 0 Å². The summed E-state index contributed by atoms with van der Waals surface area (Å²) >= 11 is 3.36. The second kappa shape index (κ2) is 6.43. The van der Waals surface area contributed by atoms with Crippen LogP contribution >= 0.6 is 15.9 Å². The number of fused-ring (bicyclic) bond motifs is 2. The normalized spacial score (nSPS) is 26.3. The van der Waals surface area contributed by atoms with Crippen molar-refractivity contribution in [3.05, 3.63) is 28.7 Å². The van der Waals surface area contributed by atoms with Gasteiger partial charge < -0.3 is 5.32 Å². The Morgan fingerprint density at radius 1 is 1.30 bits per heavy atom. The molecule has 3 atom stereocenters. The second-order valence-corrected chi connectivity index (χ2v) is 9.33. The molecule has 2 bridgehead atoms. The van der Waals surface area contributed by atoms with Gasteiger partial charge in [0.2, 0.25) is 15.9 Å². The fourth-order valence-electron chi connectivity index (χ4n) is 3.84. The summed E-state index contributed by atoms with van der Waals surface area (Å²) in [5, 5.41) is 3.04. The molecule has 3 rings (SSSR count). The molecular weight excluding hydrogens is 380 g/mol. The van der Waals surface area contributed by atoms with Crippen LogP contribution in [-0.2, 0) is 14.8 Å². The van der Waals surface area contributed by atoms with E-state index in [-0.39, 0.29) is 18.5 Å². The zero-order chi connectivity index (χ0) is 16.6. The Hall–Kier alpha value is -1.08. The minimum absolute atomic E-state index is 0.185. The molecule has 0 aromatic heterocycles. The van der Waals surface area contributed by atoms with E-state index < -0.39 is 10.0 Å². The van der Waals surface area contributed by atoms with E-state index in [1.807, 2.05) is 6.07 Å². The lowest BCUT2D eigenvalue weighted by Gasteiger charge is -2.26. The summed E-state index contributed by atoms with van der Waals surface area (Å²) in [6, 6.07) is 7.23. The van der Waals surface area contributed by atoms with Crippen LogP contribution in [0.5, 0.6) is 0 Å². The number of rotatable bonds is 5. The summed E-state index contributed by atoms with van der Waals surface area (Å²) in [4.78, 5) is 12.4. The van der Waals surface area contributed by atoms with Gasteiger partial charge in [-0.15, -0.1) is 0 Å². The highest BCUT2D eigenvalue weighted by atomic mass is 79.9. The minimum atomic E-state index is -3.54. The largest absolute Gasteiger partial charge is 0.352 e. The fourth-order valence-corrected chi connectivity index (χ4v) is 5.32. The minimum Gasteiger partial charge on any atom is -0.352 e. The van der Waals surface area contributed by atoms with Gasteiger partial charge in [0.15, 0.2) is 0 Å². The van der Waals surface area contributed by atoms with Crippen LogP contribution in [0.2, 0.25) is 0 Å². The maximum atomic E-state index is 12.4. The second-order valence-electron chi connectivity index (χ2n) is 6.57. The number of nitrogens with zero attached hydrogens (tertiary/aromatic N) is 1. The number of nitrogens with one attached hydrogen (secondary N) is 1. The molecule has 1 aromatic rings. The first-order valence-electron chi connectivity index (χ1n) is 7.86. The predicted molar refractivity (Wildman–Crippen MR) is 93.7 cm³/mol. The third-order valence-corrected chi connectivity index (χ3v) is 6.69. The number of amides is 1. The van der Waals surface area contributed by atoms with Crippen LogP contribution in [0.15, 0.2) is 28.7 Å². The van der Waals surface area contributed by atoms with E-state index in [0.717, 1.165) is 22.9 Å². The number of halogens is 1. The van der Waals surface area contributed by atoms with Crippen molar-refractivity contribution in [1.82, 2.24) is 5.32 Å². The number of sulfonamides is 1. The van der Waals surface area contributed by atoms with Crippen molar-refractivity contribution < 1.29 is 13.2 Å². The molecule has 0 heterocycles. The summed E-state index contributed by atoms with van der Waals surface area (Å²) in [6.45, 7) is -0.185. The van der Waals surface area contributed by atoms with Crippen molar-refractivity contribution in [2.45, 2.75) is 31.7 Å². The molecule has 0 saturated heterocycles. The van der Waals surface area contributed by atoms with E-state index in [2.05, 4.69) is 21.2 Å². The molecule has 0 radical (unpaired) electrons. The van der Waals surface area contributed by atoms with E-state index >= 15 is 0 Å². The Morgan fingerprint density at radius 2 is 2.04 bits per heavy atom. The van der Waals surface area contributed by atoms with Crippen LogP contribution in [0.25, 0.3) is 0 Å². The number of anilines is 1. The molecule has 2 fully saturated rings. The third kappa shape index (κ3) is 3.71. The number of benzene rings is 1. The van der Waals surface area contributed by atoms with Crippen molar-refractivity contribution in [3.63, 3.8) is 0 Å². The number of carbonyl (C=O) groups excluding carboxylic acids is 1. The van der Waals surface area contributed by atoms with Crippen LogP contribution in [0, 0.1) is 11.8 Å². The Bertz CT molecular complexity index is 707. The molecule has 0 spiro atoms. The lowest BCUT2D eigenvalue weighted by molar-refractivity contribution is -0.120. The first-order chi connectivity index (χ1) is 10.8. The first kappa shape index (κ1) is 16.8. The summed E-state index contributed by atoms with van der Waals surface area (Å²) in [5.74, 6) is 1.07. The van der Waals surface area contributed by atoms with Crippen molar-refractivity contribution >= 4 is 37.5 Å². The average molecular weight is 401 g/mol. The van der Waals surface area contributed by atoms with Crippen LogP contribution in [0.4, 0.5) is 5.69 Å². The zero-order valence-electron chi connectivity index (χ0n) is 13.0. The highest BCUT2D eigenvalue weighted by Crippen LogP contribution is 2.44. The molecule has 5 nitrogen and oxygen atoms in total. The van der Waals surface area contributed by atoms with Crippen molar-refractivity contribution in [1.29, 1.82) is 0 Å². The van der Waals surface area contributed by atoms with Crippen molar-refractivity contribution in [3.8, 4) is 0 Å². The standard InChI is InChI=1S/C16H21BrN2O3S/c1-23(21,22)19(15-5-3-2-4-13(15)17)10-16(20)18-14-9-11-6-7-12(14)8-11/h2-5,11-12,14H,6-10H2,1H3,(H,18,20)/t11-,12-,14-/m1/s1. The Balaban J connectivity index is 1.72. The summed E-state index contributed by atoms with van der Waals surface area (Å²) < 4.78 is 26.0. The summed E-state index contributed by atoms with van der Waals surface area (Å²) in [5.41, 5.74) is 0.484. The molecule has 2 saturated carbocycles. The van der Waals surface area contributed by atoms with Crippen LogP contribution in [0.3, 0.4) is 0 Å². The number of para-hydroxylation sites is 1. The summed E-state index contributed by atoms with van der Waals surface area (Å²) in [6.07, 6.45) is 5.80. The smallest absolute Gasteiger partial charge is 0.241 e. The van der Waals surface area contributed by atoms with Gasteiger partial charge in [0, 0.05) is 10.5 Å². The van der Waals surface area contributed by atoms with Crippen LogP contribution < -0.4 is 9.62 Å². The molecule has 126 valence electrons. The van der Waals surface area contributed by atoms with Crippen LogP contribution in [-0.4, -0.2) is 33.2 Å². The fraction of sp³-hybridized carbons (Fsp3) is 0.562. The average Bonchev–Trinajstić information content (AvgIpc) is 3.07. The topological polar surface area (TPSA) is 66.5 Å². The van der Waals surface area contributed by atoms with Gasteiger partial charge in [0.25, 0.3) is 0 Å². The van der Waals surface area contributed by atoms with Crippen molar-refractivity contribution in [2.75, 3.05) is 17.1 Å². The third-order valence-electron chi connectivity index (χ3n) is 4.89. The van der Waals surface area contributed by atoms with Gasteiger partial charge in [-0.25, -0.2) is 8.42 Å². The number of hydrogen-bond acceptors (Lipinski definition) is 3. The number of hydrogen-bond donors (Lipinski definition) is 1. The highest BCUT2D eigenvalue weighted by Gasteiger charge is 2.40. The van der Waals surface area contributed by atoms with Gasteiger partial charge in [0.1, 0.15) is 6.54 Å². The van der Waals surface area contributed by atoms with Gasteiger partial charge in [-0.1, -0.05) is 18.6 Å². The zero-order valence-corrected chi connectivity index (χ0v) is 15.4. The van der Waals surface area contributed by atoms with Crippen molar-refractivity contribution in [2.24, 2.45) is 11.8 Å². The van der Waals surface area contributed by atoms with Gasteiger partial charge in [-0.05, 0) is 59.2 Å². The van der Waals surface area contributed by atoms with E-state index in [4.69, 9.17) is 0 Å². The lowest BCUT2D eigenvalue weighted by atomic mass is 9.95. The van der Waals surface area contributed by atoms with E-state index in [1.165, 1.54) is 19.3 Å². The SMILES string of the molecule is CS(=O)(=O)N(CC(=O)N[C@@H]1C[C@@H]2CC[C@@H]1C2)c1ccccc1Br. The quantitative estimate of drug-likeness (QED) is 0.825. The van der Waals surface area contributed by atoms with Gasteiger partial charge in [0.05, 0.1) is 11.9 Å².